The second-order valence-corrected chi connectivity index (χ2v) is 3.55. The number of hydrogen-bond acceptors (Lipinski definition) is 3. The van der Waals surface area contributed by atoms with Crippen LogP contribution in [0.1, 0.15) is 18.4 Å². The van der Waals surface area contributed by atoms with E-state index in [1.807, 2.05) is 17.8 Å². The van der Waals surface area contributed by atoms with Gasteiger partial charge < -0.3 is 10.5 Å². The van der Waals surface area contributed by atoms with E-state index in [2.05, 4.69) is 5.10 Å². The molecule has 1 aliphatic heterocycles. The van der Waals surface area contributed by atoms with Crippen molar-refractivity contribution in [2.45, 2.75) is 32.4 Å². The van der Waals surface area contributed by atoms with E-state index in [-0.39, 0.29) is 0 Å². The minimum Gasteiger partial charge on any atom is -0.382 e. The highest BCUT2D eigenvalue weighted by Gasteiger charge is 2.16. The first-order chi connectivity index (χ1) is 6.25. The fourth-order valence-corrected chi connectivity index (χ4v) is 1.63. The molecule has 1 aliphatic rings. The van der Waals surface area contributed by atoms with Crippen molar-refractivity contribution in [3.8, 4) is 0 Å². The Bertz CT molecular complexity index is 270. The van der Waals surface area contributed by atoms with Crippen molar-refractivity contribution in [1.82, 2.24) is 9.78 Å². The van der Waals surface area contributed by atoms with E-state index in [4.69, 9.17) is 10.5 Å². The molecule has 1 fully saturated rings. The molecule has 0 saturated carbocycles. The number of rotatable bonds is 2. The number of nitrogens with two attached hydrogens (primary N) is 1. The van der Waals surface area contributed by atoms with Crippen LogP contribution in [0.15, 0.2) is 6.20 Å². The van der Waals surface area contributed by atoms with Crippen molar-refractivity contribution in [2.24, 2.45) is 0 Å². The van der Waals surface area contributed by atoms with E-state index in [0.717, 1.165) is 25.1 Å². The molecule has 1 aromatic heterocycles. The summed E-state index contributed by atoms with van der Waals surface area (Å²) in [7, 11) is 0. The van der Waals surface area contributed by atoms with Gasteiger partial charge in [-0.3, -0.25) is 4.68 Å². The van der Waals surface area contributed by atoms with Crippen LogP contribution in [0.5, 0.6) is 0 Å². The lowest BCUT2D eigenvalue weighted by atomic mass is 10.2. The van der Waals surface area contributed by atoms with Crippen molar-refractivity contribution < 1.29 is 4.74 Å². The molecule has 1 atom stereocenters. The molecule has 2 heterocycles. The molecule has 0 radical (unpaired) electrons. The van der Waals surface area contributed by atoms with Gasteiger partial charge >= 0.3 is 0 Å². The van der Waals surface area contributed by atoms with E-state index in [1.54, 1.807) is 0 Å². The van der Waals surface area contributed by atoms with Crippen LogP contribution in [0.3, 0.4) is 0 Å². The third kappa shape index (κ3) is 1.83. The highest BCUT2D eigenvalue weighted by molar-refractivity contribution is 5.35. The normalized spacial score (nSPS) is 22.4. The Morgan fingerprint density at radius 1 is 1.77 bits per heavy atom. The fourth-order valence-electron chi connectivity index (χ4n) is 1.63. The Balaban J connectivity index is 2.00. The first-order valence-corrected chi connectivity index (χ1v) is 4.67. The van der Waals surface area contributed by atoms with Gasteiger partial charge in [-0.25, -0.2) is 0 Å². The Morgan fingerprint density at radius 2 is 2.62 bits per heavy atom. The lowest BCUT2D eigenvalue weighted by molar-refractivity contribution is 0.0941. The van der Waals surface area contributed by atoms with Gasteiger partial charge in [0.05, 0.1) is 12.6 Å². The number of anilines is 1. The molecule has 4 heteroatoms. The van der Waals surface area contributed by atoms with E-state index in [9.17, 15) is 0 Å². The second-order valence-electron chi connectivity index (χ2n) is 3.55. The topological polar surface area (TPSA) is 53.1 Å². The summed E-state index contributed by atoms with van der Waals surface area (Å²) in [6, 6.07) is 0. The molecular formula is C9H15N3O. The second kappa shape index (κ2) is 3.38. The van der Waals surface area contributed by atoms with Gasteiger partial charge in [0.15, 0.2) is 0 Å². The van der Waals surface area contributed by atoms with E-state index < -0.39 is 0 Å². The molecular weight excluding hydrogens is 166 g/mol. The van der Waals surface area contributed by atoms with E-state index in [1.165, 1.54) is 6.42 Å². The van der Waals surface area contributed by atoms with Crippen LogP contribution >= 0.6 is 0 Å². The third-order valence-electron chi connectivity index (χ3n) is 2.40. The quantitative estimate of drug-likeness (QED) is 0.739. The van der Waals surface area contributed by atoms with Crippen LogP contribution in [0.4, 0.5) is 5.82 Å². The molecule has 2 rings (SSSR count). The number of nitrogens with zero attached hydrogens (tertiary/aromatic N) is 2. The first-order valence-electron chi connectivity index (χ1n) is 4.67. The van der Waals surface area contributed by atoms with Gasteiger partial charge in [0, 0.05) is 18.4 Å². The SMILES string of the molecule is Cc1cn(C[C@@H]2CCCO2)nc1N. The monoisotopic (exact) mass is 181 g/mol. The summed E-state index contributed by atoms with van der Waals surface area (Å²) in [5.74, 6) is 0.623. The summed E-state index contributed by atoms with van der Waals surface area (Å²) in [5, 5.41) is 4.19. The van der Waals surface area contributed by atoms with Crippen LogP contribution in [-0.2, 0) is 11.3 Å². The van der Waals surface area contributed by atoms with Crippen LogP contribution < -0.4 is 5.73 Å². The minimum absolute atomic E-state index is 0.332. The first kappa shape index (κ1) is 8.56. The molecule has 0 bridgehead atoms. The van der Waals surface area contributed by atoms with Crippen molar-refractivity contribution in [3.05, 3.63) is 11.8 Å². The van der Waals surface area contributed by atoms with E-state index >= 15 is 0 Å². The summed E-state index contributed by atoms with van der Waals surface area (Å²) in [6.45, 7) is 3.69. The molecule has 0 aliphatic carbocycles. The molecule has 4 nitrogen and oxygen atoms in total. The third-order valence-corrected chi connectivity index (χ3v) is 2.40. The Hall–Kier alpha value is -1.03. The van der Waals surface area contributed by atoms with Gasteiger partial charge in [-0.2, -0.15) is 5.10 Å². The van der Waals surface area contributed by atoms with Crippen LogP contribution in [0, 0.1) is 6.92 Å². The average molecular weight is 181 g/mol. The molecule has 0 aromatic carbocycles. The van der Waals surface area contributed by atoms with Crippen molar-refractivity contribution in [3.63, 3.8) is 0 Å². The summed E-state index contributed by atoms with van der Waals surface area (Å²) in [6.07, 6.45) is 4.61. The van der Waals surface area contributed by atoms with Gasteiger partial charge in [0.2, 0.25) is 0 Å². The van der Waals surface area contributed by atoms with Gasteiger partial charge in [0.25, 0.3) is 0 Å². The molecule has 2 N–H and O–H groups in total. The fraction of sp³-hybridized carbons (Fsp3) is 0.667. The largest absolute Gasteiger partial charge is 0.382 e. The highest BCUT2D eigenvalue weighted by atomic mass is 16.5. The van der Waals surface area contributed by atoms with Crippen molar-refractivity contribution in [2.75, 3.05) is 12.3 Å². The molecule has 0 unspecified atom stereocenters. The molecule has 0 amide bonds. The number of aryl methyl sites for hydroxylation is 1. The molecule has 1 saturated heterocycles. The van der Waals surface area contributed by atoms with E-state index in [0.29, 0.717) is 11.9 Å². The molecule has 72 valence electrons. The summed E-state index contributed by atoms with van der Waals surface area (Å²) in [5.41, 5.74) is 6.68. The zero-order valence-corrected chi connectivity index (χ0v) is 7.86. The number of aromatic nitrogens is 2. The van der Waals surface area contributed by atoms with Gasteiger partial charge in [-0.15, -0.1) is 0 Å². The molecule has 1 aromatic rings. The van der Waals surface area contributed by atoms with Crippen molar-refractivity contribution >= 4 is 5.82 Å². The maximum absolute atomic E-state index is 5.64. The zero-order chi connectivity index (χ0) is 9.26. The Morgan fingerprint density at radius 3 is 3.15 bits per heavy atom. The zero-order valence-electron chi connectivity index (χ0n) is 7.86. The summed E-state index contributed by atoms with van der Waals surface area (Å²) in [4.78, 5) is 0. The van der Waals surface area contributed by atoms with Gasteiger partial charge in [0.1, 0.15) is 5.82 Å². The maximum Gasteiger partial charge on any atom is 0.148 e. The Kier molecular flexibility index (Phi) is 2.22. The Labute approximate surface area is 77.7 Å². The number of hydrogen-bond donors (Lipinski definition) is 1. The maximum atomic E-state index is 5.64. The molecule has 0 spiro atoms. The van der Waals surface area contributed by atoms with Gasteiger partial charge in [-0.1, -0.05) is 0 Å². The minimum atomic E-state index is 0.332. The van der Waals surface area contributed by atoms with Gasteiger partial charge in [-0.05, 0) is 19.8 Å². The number of ether oxygens (including phenoxy) is 1. The van der Waals surface area contributed by atoms with Crippen LogP contribution in [0.2, 0.25) is 0 Å². The lowest BCUT2D eigenvalue weighted by Gasteiger charge is -2.08. The molecule has 13 heavy (non-hydrogen) atoms. The average Bonchev–Trinajstić information content (AvgIpc) is 2.64. The summed E-state index contributed by atoms with van der Waals surface area (Å²) >= 11 is 0. The van der Waals surface area contributed by atoms with Crippen LogP contribution in [0.25, 0.3) is 0 Å². The smallest absolute Gasteiger partial charge is 0.148 e. The highest BCUT2D eigenvalue weighted by Crippen LogP contribution is 2.15. The summed E-state index contributed by atoms with van der Waals surface area (Å²) < 4.78 is 7.38. The lowest BCUT2D eigenvalue weighted by Crippen LogP contribution is -2.15. The predicted octanol–water partition coefficient (Wildman–Crippen LogP) is 0.953. The predicted molar refractivity (Wildman–Crippen MR) is 50.4 cm³/mol. The van der Waals surface area contributed by atoms with Crippen molar-refractivity contribution in [1.29, 1.82) is 0 Å². The van der Waals surface area contributed by atoms with Crippen LogP contribution in [-0.4, -0.2) is 22.5 Å². The number of nitrogen functional groups attached to an aromatic ring is 1. The standard InChI is InChI=1S/C9H15N3O/c1-7-5-12(11-9(7)10)6-8-3-2-4-13-8/h5,8H,2-4,6H2,1H3,(H2,10,11)/t8-/m0/s1.